The van der Waals surface area contributed by atoms with Gasteiger partial charge in [0.1, 0.15) is 5.01 Å². The van der Waals surface area contributed by atoms with Gasteiger partial charge < -0.3 is 10.2 Å². The summed E-state index contributed by atoms with van der Waals surface area (Å²) in [5.74, 6) is 0. The molecule has 0 spiro atoms. The van der Waals surface area contributed by atoms with Crippen LogP contribution in [0, 0.1) is 6.92 Å². The molecule has 2 aromatic rings. The minimum Gasteiger partial charge on any atom is -0.366 e. The quantitative estimate of drug-likeness (QED) is 0.844. The predicted octanol–water partition coefficient (Wildman–Crippen LogP) is 3.59. The maximum Gasteiger partial charge on any atom is 0.107 e. The monoisotopic (exact) mass is 289 g/mol. The van der Waals surface area contributed by atoms with Gasteiger partial charge >= 0.3 is 0 Å². The number of nitrogens with zero attached hydrogens (tertiary/aromatic N) is 2. The first-order chi connectivity index (χ1) is 9.72. The van der Waals surface area contributed by atoms with Crippen molar-refractivity contribution < 1.29 is 0 Å². The van der Waals surface area contributed by atoms with Crippen molar-refractivity contribution in [3.8, 4) is 0 Å². The maximum atomic E-state index is 4.70. The van der Waals surface area contributed by atoms with Crippen LogP contribution in [-0.4, -0.2) is 18.1 Å². The molecule has 0 aliphatic rings. The van der Waals surface area contributed by atoms with E-state index in [-0.39, 0.29) is 0 Å². The van der Waals surface area contributed by atoms with Gasteiger partial charge in [0.15, 0.2) is 0 Å². The molecule has 0 bridgehead atoms. The molecule has 0 saturated carbocycles. The summed E-state index contributed by atoms with van der Waals surface area (Å²) in [6.07, 6.45) is 0. The first kappa shape index (κ1) is 15.0. The van der Waals surface area contributed by atoms with Gasteiger partial charge in [0.25, 0.3) is 0 Å². The number of anilines is 1. The van der Waals surface area contributed by atoms with E-state index in [4.69, 9.17) is 4.98 Å². The van der Waals surface area contributed by atoms with Gasteiger partial charge in [0.2, 0.25) is 0 Å². The summed E-state index contributed by atoms with van der Waals surface area (Å²) >= 11 is 1.74. The third-order valence-corrected chi connectivity index (χ3v) is 4.12. The number of nitrogens with one attached hydrogen (secondary N) is 1. The molecule has 0 fully saturated rings. The summed E-state index contributed by atoms with van der Waals surface area (Å²) in [7, 11) is 0. The SMILES string of the molecule is CCNCc1nc(CN(CC)c2cccc(C)c2)cs1. The molecular weight excluding hydrogens is 266 g/mol. The third-order valence-electron chi connectivity index (χ3n) is 3.23. The molecular formula is C16H23N3S. The van der Waals surface area contributed by atoms with E-state index in [1.165, 1.54) is 16.3 Å². The van der Waals surface area contributed by atoms with Crippen LogP contribution >= 0.6 is 11.3 Å². The molecule has 20 heavy (non-hydrogen) atoms. The molecule has 1 aromatic carbocycles. The summed E-state index contributed by atoms with van der Waals surface area (Å²) in [5.41, 5.74) is 3.73. The topological polar surface area (TPSA) is 28.2 Å². The van der Waals surface area contributed by atoms with Gasteiger partial charge in [-0.3, -0.25) is 0 Å². The summed E-state index contributed by atoms with van der Waals surface area (Å²) in [4.78, 5) is 7.06. The highest BCUT2D eigenvalue weighted by atomic mass is 32.1. The Balaban J connectivity index is 2.04. The highest BCUT2D eigenvalue weighted by Crippen LogP contribution is 2.19. The smallest absolute Gasteiger partial charge is 0.107 e. The van der Waals surface area contributed by atoms with Crippen molar-refractivity contribution in [3.05, 3.63) is 45.9 Å². The van der Waals surface area contributed by atoms with Crippen LogP contribution in [-0.2, 0) is 13.1 Å². The molecule has 1 aromatic heterocycles. The minimum absolute atomic E-state index is 0.873. The minimum atomic E-state index is 0.873. The lowest BCUT2D eigenvalue weighted by atomic mass is 10.2. The average molecular weight is 289 g/mol. The van der Waals surface area contributed by atoms with E-state index in [0.29, 0.717) is 0 Å². The van der Waals surface area contributed by atoms with Crippen LogP contribution in [0.15, 0.2) is 29.6 Å². The fourth-order valence-corrected chi connectivity index (χ4v) is 2.90. The highest BCUT2D eigenvalue weighted by Gasteiger charge is 2.08. The highest BCUT2D eigenvalue weighted by molar-refractivity contribution is 7.09. The zero-order valence-corrected chi connectivity index (χ0v) is 13.3. The van der Waals surface area contributed by atoms with E-state index in [1.807, 2.05) is 0 Å². The van der Waals surface area contributed by atoms with Crippen LogP contribution in [0.4, 0.5) is 5.69 Å². The van der Waals surface area contributed by atoms with E-state index in [0.717, 1.165) is 31.9 Å². The lowest BCUT2D eigenvalue weighted by Crippen LogP contribution is -2.22. The summed E-state index contributed by atoms with van der Waals surface area (Å²) in [6, 6.07) is 8.65. The van der Waals surface area contributed by atoms with Gasteiger partial charge in [-0.2, -0.15) is 0 Å². The van der Waals surface area contributed by atoms with Gasteiger partial charge in [-0.15, -0.1) is 11.3 Å². The van der Waals surface area contributed by atoms with Crippen LogP contribution < -0.4 is 10.2 Å². The molecule has 3 nitrogen and oxygen atoms in total. The normalized spacial score (nSPS) is 10.8. The number of thiazole rings is 1. The van der Waals surface area contributed by atoms with Gasteiger partial charge in [-0.25, -0.2) is 4.98 Å². The maximum absolute atomic E-state index is 4.70. The second-order valence-corrected chi connectivity index (χ2v) is 5.81. The van der Waals surface area contributed by atoms with Crippen molar-refractivity contribution in [1.29, 1.82) is 0 Å². The second-order valence-electron chi connectivity index (χ2n) is 4.87. The number of benzene rings is 1. The lowest BCUT2D eigenvalue weighted by molar-refractivity contribution is 0.716. The fraction of sp³-hybridized carbons (Fsp3) is 0.438. The van der Waals surface area contributed by atoms with Crippen molar-refractivity contribution in [2.24, 2.45) is 0 Å². The molecule has 0 unspecified atom stereocenters. The molecule has 0 aliphatic heterocycles. The van der Waals surface area contributed by atoms with Gasteiger partial charge in [-0.1, -0.05) is 19.1 Å². The molecule has 0 amide bonds. The van der Waals surface area contributed by atoms with E-state index in [2.05, 4.69) is 60.6 Å². The standard InChI is InChI=1S/C16H23N3S/c1-4-17-10-16-18-14(12-20-16)11-19(5-2)15-8-6-7-13(3)9-15/h6-9,12,17H,4-5,10-11H2,1-3H3. The number of rotatable bonds is 7. The van der Waals surface area contributed by atoms with Crippen LogP contribution in [0.1, 0.15) is 30.1 Å². The van der Waals surface area contributed by atoms with Crippen molar-refractivity contribution in [3.63, 3.8) is 0 Å². The van der Waals surface area contributed by atoms with E-state index >= 15 is 0 Å². The Kier molecular flexibility index (Phi) is 5.56. The van der Waals surface area contributed by atoms with Crippen molar-refractivity contribution in [1.82, 2.24) is 10.3 Å². The number of hydrogen-bond acceptors (Lipinski definition) is 4. The van der Waals surface area contributed by atoms with Crippen LogP contribution in [0.25, 0.3) is 0 Å². The Morgan fingerprint density at radius 1 is 1.30 bits per heavy atom. The molecule has 4 heteroatoms. The first-order valence-electron chi connectivity index (χ1n) is 7.18. The molecule has 1 heterocycles. The lowest BCUT2D eigenvalue weighted by Gasteiger charge is -2.22. The third kappa shape index (κ3) is 4.05. The number of aryl methyl sites for hydroxylation is 1. The second kappa shape index (κ2) is 7.41. The predicted molar refractivity (Wildman–Crippen MR) is 87.4 cm³/mol. The van der Waals surface area contributed by atoms with Crippen LogP contribution in [0.5, 0.6) is 0 Å². The number of hydrogen-bond donors (Lipinski definition) is 1. The van der Waals surface area contributed by atoms with E-state index in [9.17, 15) is 0 Å². The Labute approximate surface area is 125 Å². The summed E-state index contributed by atoms with van der Waals surface area (Å²) in [5, 5.41) is 6.66. The molecule has 0 atom stereocenters. The largest absolute Gasteiger partial charge is 0.366 e. The Hall–Kier alpha value is -1.39. The van der Waals surface area contributed by atoms with E-state index < -0.39 is 0 Å². The zero-order valence-electron chi connectivity index (χ0n) is 12.5. The van der Waals surface area contributed by atoms with Crippen LogP contribution in [0.2, 0.25) is 0 Å². The Bertz CT molecular complexity index is 536. The Morgan fingerprint density at radius 3 is 2.85 bits per heavy atom. The summed E-state index contributed by atoms with van der Waals surface area (Å²) in [6.45, 7) is 10.2. The van der Waals surface area contributed by atoms with Crippen molar-refractivity contribution >= 4 is 17.0 Å². The molecule has 0 aliphatic carbocycles. The Morgan fingerprint density at radius 2 is 2.15 bits per heavy atom. The molecule has 0 saturated heterocycles. The van der Waals surface area contributed by atoms with Crippen molar-refractivity contribution in [2.45, 2.75) is 33.9 Å². The van der Waals surface area contributed by atoms with Crippen molar-refractivity contribution in [2.75, 3.05) is 18.0 Å². The van der Waals surface area contributed by atoms with Gasteiger partial charge in [-0.05, 0) is 38.1 Å². The van der Waals surface area contributed by atoms with Gasteiger partial charge in [0.05, 0.1) is 12.2 Å². The molecule has 108 valence electrons. The van der Waals surface area contributed by atoms with E-state index in [1.54, 1.807) is 11.3 Å². The average Bonchev–Trinajstić information content (AvgIpc) is 2.90. The zero-order chi connectivity index (χ0) is 14.4. The molecule has 2 rings (SSSR count). The fourth-order valence-electron chi connectivity index (χ4n) is 2.14. The first-order valence-corrected chi connectivity index (χ1v) is 8.06. The summed E-state index contributed by atoms with van der Waals surface area (Å²) < 4.78 is 0. The van der Waals surface area contributed by atoms with Crippen LogP contribution in [0.3, 0.4) is 0 Å². The number of aromatic nitrogens is 1. The molecule has 1 N–H and O–H groups in total. The molecule has 0 radical (unpaired) electrons. The van der Waals surface area contributed by atoms with Gasteiger partial charge in [0, 0.05) is 24.2 Å².